The first-order valence-electron chi connectivity index (χ1n) is 5.64. The van der Waals surface area contributed by atoms with Gasteiger partial charge >= 0.3 is 12.2 Å². The molecule has 0 fully saturated rings. The summed E-state index contributed by atoms with van der Waals surface area (Å²) in [5, 5.41) is 7.94. The number of carbonyl (C=O) groups excluding carboxylic acids is 2. The quantitative estimate of drug-likeness (QED) is 0.845. The highest BCUT2D eigenvalue weighted by molar-refractivity contribution is 5.92. The second-order valence-corrected chi connectivity index (χ2v) is 3.65. The molecule has 2 rings (SSSR count). The van der Waals surface area contributed by atoms with Gasteiger partial charge in [-0.15, -0.1) is 0 Å². The van der Waals surface area contributed by atoms with Crippen molar-refractivity contribution in [3.8, 4) is 0 Å². The number of aromatic nitrogens is 2. The highest BCUT2D eigenvalue weighted by Gasteiger charge is 2.20. The van der Waals surface area contributed by atoms with Gasteiger partial charge in [-0.05, 0) is 19.1 Å². The van der Waals surface area contributed by atoms with Crippen LogP contribution in [0, 0.1) is 5.41 Å². The van der Waals surface area contributed by atoms with Crippen LogP contribution in [0.15, 0.2) is 24.3 Å². The molecule has 0 atom stereocenters. The number of para-hydroxylation sites is 2. The van der Waals surface area contributed by atoms with E-state index in [4.69, 9.17) is 10.1 Å². The summed E-state index contributed by atoms with van der Waals surface area (Å²) in [6.45, 7) is 1.85. The average molecular weight is 263 g/mol. The number of rotatable bonds is 1. The van der Waals surface area contributed by atoms with Crippen molar-refractivity contribution in [2.45, 2.75) is 6.92 Å². The summed E-state index contributed by atoms with van der Waals surface area (Å²) in [7, 11) is 1.21. The van der Waals surface area contributed by atoms with E-state index in [1.165, 1.54) is 7.11 Å². The molecule has 0 bridgehead atoms. The van der Waals surface area contributed by atoms with Gasteiger partial charge in [0.05, 0.1) is 24.8 Å². The standard InChI is InChI=1S/C12H13N3O4/c1-3-19-12(17)15-9-7-5-4-6-8(9)14(10(15)13)11(16)18-2/h4-7,13H,3H2,1-2H3. The molecule has 7 heteroatoms. The van der Waals surface area contributed by atoms with Crippen molar-refractivity contribution in [2.24, 2.45) is 0 Å². The van der Waals surface area contributed by atoms with Crippen molar-refractivity contribution in [1.29, 1.82) is 5.41 Å². The highest BCUT2D eigenvalue weighted by atomic mass is 16.6. The Balaban J connectivity index is 2.78. The van der Waals surface area contributed by atoms with Gasteiger partial charge < -0.3 is 9.47 Å². The zero-order chi connectivity index (χ0) is 14.0. The first-order chi connectivity index (χ1) is 9.11. The van der Waals surface area contributed by atoms with Crippen molar-refractivity contribution in [3.05, 3.63) is 29.9 Å². The molecule has 1 N–H and O–H groups in total. The second kappa shape index (κ2) is 4.97. The highest BCUT2D eigenvalue weighted by Crippen LogP contribution is 2.13. The molecule has 1 aromatic heterocycles. The van der Waals surface area contributed by atoms with Crippen LogP contribution in [-0.2, 0) is 9.47 Å². The largest absolute Gasteiger partial charge is 0.452 e. The lowest BCUT2D eigenvalue weighted by Gasteiger charge is -2.02. The molecule has 0 aliphatic heterocycles. The molecule has 100 valence electrons. The Morgan fingerprint density at radius 3 is 2.16 bits per heavy atom. The van der Waals surface area contributed by atoms with Gasteiger partial charge in [0.1, 0.15) is 0 Å². The monoisotopic (exact) mass is 263 g/mol. The number of ether oxygens (including phenoxy) is 2. The molecule has 1 aromatic carbocycles. The zero-order valence-electron chi connectivity index (χ0n) is 10.5. The number of hydrogen-bond donors (Lipinski definition) is 1. The minimum absolute atomic E-state index is 0.184. The van der Waals surface area contributed by atoms with E-state index in [9.17, 15) is 9.59 Å². The molecular formula is C12H13N3O4. The van der Waals surface area contributed by atoms with E-state index in [2.05, 4.69) is 4.74 Å². The van der Waals surface area contributed by atoms with Crippen LogP contribution in [0.3, 0.4) is 0 Å². The van der Waals surface area contributed by atoms with Gasteiger partial charge in [0.2, 0.25) is 5.62 Å². The normalized spacial score (nSPS) is 10.4. The summed E-state index contributed by atoms with van der Waals surface area (Å²) >= 11 is 0. The first-order valence-corrected chi connectivity index (χ1v) is 5.64. The van der Waals surface area contributed by atoms with E-state index in [1.807, 2.05) is 0 Å². The summed E-state index contributed by atoms with van der Waals surface area (Å²) in [6.07, 6.45) is -1.43. The molecular weight excluding hydrogens is 250 g/mol. The smallest absolute Gasteiger partial charge is 0.421 e. The second-order valence-electron chi connectivity index (χ2n) is 3.65. The van der Waals surface area contributed by atoms with E-state index >= 15 is 0 Å². The summed E-state index contributed by atoms with van der Waals surface area (Å²) in [6, 6.07) is 6.67. The number of methoxy groups -OCH3 is 1. The van der Waals surface area contributed by atoms with Crippen LogP contribution in [0.25, 0.3) is 11.0 Å². The average Bonchev–Trinajstić information content (AvgIpc) is 2.70. The first kappa shape index (κ1) is 12.9. The van der Waals surface area contributed by atoms with E-state index < -0.39 is 12.2 Å². The minimum atomic E-state index is -0.732. The van der Waals surface area contributed by atoms with E-state index in [1.54, 1.807) is 31.2 Å². The molecule has 0 aliphatic carbocycles. The minimum Gasteiger partial charge on any atom is -0.452 e. The molecule has 1 heterocycles. The summed E-state index contributed by atoms with van der Waals surface area (Å²) in [4.78, 5) is 23.6. The van der Waals surface area contributed by atoms with Gasteiger partial charge in [-0.1, -0.05) is 12.1 Å². The van der Waals surface area contributed by atoms with Crippen LogP contribution in [0.2, 0.25) is 0 Å². The number of nitrogens with one attached hydrogen (secondary N) is 1. The van der Waals surface area contributed by atoms with Crippen molar-refractivity contribution in [3.63, 3.8) is 0 Å². The molecule has 0 unspecified atom stereocenters. The predicted octanol–water partition coefficient (Wildman–Crippen LogP) is 1.54. The van der Waals surface area contributed by atoms with E-state index in [0.717, 1.165) is 9.13 Å². The van der Waals surface area contributed by atoms with E-state index in [-0.39, 0.29) is 12.2 Å². The molecule has 0 spiro atoms. The Labute approximate surface area is 108 Å². The van der Waals surface area contributed by atoms with Gasteiger partial charge in [-0.25, -0.2) is 18.7 Å². The van der Waals surface area contributed by atoms with Gasteiger partial charge in [-0.2, -0.15) is 0 Å². The Kier molecular flexibility index (Phi) is 3.37. The fraction of sp³-hybridized carbons (Fsp3) is 0.250. The van der Waals surface area contributed by atoms with Crippen LogP contribution < -0.4 is 5.62 Å². The third-order valence-corrected chi connectivity index (χ3v) is 2.59. The Hall–Kier alpha value is -2.57. The fourth-order valence-electron chi connectivity index (χ4n) is 1.82. The van der Waals surface area contributed by atoms with Crippen molar-refractivity contribution in [2.75, 3.05) is 13.7 Å². The number of hydrogen-bond acceptors (Lipinski definition) is 5. The molecule has 0 saturated heterocycles. The summed E-state index contributed by atoms with van der Waals surface area (Å²) in [5.74, 6) is 0. The molecule has 19 heavy (non-hydrogen) atoms. The third kappa shape index (κ3) is 1.99. The topological polar surface area (TPSA) is 86.3 Å². The number of benzene rings is 1. The SMILES string of the molecule is CCOC(=O)n1c(=N)n(C(=O)OC)c2ccccc21. The Bertz CT molecular complexity index is 699. The van der Waals surface area contributed by atoms with E-state index in [0.29, 0.717) is 11.0 Å². The lowest BCUT2D eigenvalue weighted by atomic mass is 10.3. The van der Waals surface area contributed by atoms with Crippen molar-refractivity contribution in [1.82, 2.24) is 9.13 Å². The maximum absolute atomic E-state index is 11.9. The molecule has 0 radical (unpaired) electrons. The molecule has 0 aliphatic rings. The lowest BCUT2D eigenvalue weighted by molar-refractivity contribution is 0.153. The fourth-order valence-corrected chi connectivity index (χ4v) is 1.82. The molecule has 0 amide bonds. The Morgan fingerprint density at radius 2 is 1.68 bits per heavy atom. The Morgan fingerprint density at radius 1 is 1.16 bits per heavy atom. The van der Waals surface area contributed by atoms with Gasteiger partial charge in [0.15, 0.2) is 0 Å². The van der Waals surface area contributed by atoms with Gasteiger partial charge in [-0.3, -0.25) is 5.41 Å². The number of nitrogens with zero attached hydrogens (tertiary/aromatic N) is 2. The van der Waals surface area contributed by atoms with Crippen LogP contribution in [-0.4, -0.2) is 35.0 Å². The predicted molar refractivity (Wildman–Crippen MR) is 66.0 cm³/mol. The molecule has 0 saturated carbocycles. The van der Waals surface area contributed by atoms with Crippen LogP contribution in [0.4, 0.5) is 9.59 Å². The summed E-state index contributed by atoms with van der Waals surface area (Å²) < 4.78 is 11.5. The van der Waals surface area contributed by atoms with Crippen LogP contribution >= 0.6 is 0 Å². The third-order valence-electron chi connectivity index (χ3n) is 2.59. The molecule has 7 nitrogen and oxygen atoms in total. The van der Waals surface area contributed by atoms with Gasteiger partial charge in [0, 0.05) is 0 Å². The van der Waals surface area contributed by atoms with Crippen LogP contribution in [0.1, 0.15) is 6.92 Å². The van der Waals surface area contributed by atoms with Crippen molar-refractivity contribution < 1.29 is 19.1 Å². The lowest BCUT2D eigenvalue weighted by Crippen LogP contribution is -2.33. The number of carbonyl (C=O) groups is 2. The zero-order valence-corrected chi connectivity index (χ0v) is 10.5. The number of fused-ring (bicyclic) bond motifs is 1. The van der Waals surface area contributed by atoms with Gasteiger partial charge in [0.25, 0.3) is 0 Å². The summed E-state index contributed by atoms with van der Waals surface area (Å²) in [5.41, 5.74) is 0.509. The maximum atomic E-state index is 11.9. The molecule has 2 aromatic rings. The van der Waals surface area contributed by atoms with Crippen molar-refractivity contribution >= 4 is 23.2 Å². The number of imidazole rings is 1. The maximum Gasteiger partial charge on any atom is 0.421 e. The van der Waals surface area contributed by atoms with Crippen LogP contribution in [0.5, 0.6) is 0 Å².